The van der Waals surface area contributed by atoms with Crippen LogP contribution in [0.2, 0.25) is 0 Å². The number of nitrogens with zero attached hydrogens (tertiary/aromatic N) is 4. The lowest BCUT2D eigenvalue weighted by Crippen LogP contribution is -2.09. The van der Waals surface area contributed by atoms with E-state index in [1.165, 1.54) is 6.20 Å². The van der Waals surface area contributed by atoms with Crippen LogP contribution in [0, 0.1) is 0 Å². The van der Waals surface area contributed by atoms with E-state index >= 15 is 0 Å². The maximum atomic E-state index is 12.7. The third kappa shape index (κ3) is 3.31. The van der Waals surface area contributed by atoms with Gasteiger partial charge in [-0.15, -0.1) is 5.10 Å². The molecule has 5 nitrogen and oxygen atoms in total. The predicted molar refractivity (Wildman–Crippen MR) is 77.8 cm³/mol. The molecule has 0 aliphatic rings. The molecule has 0 unspecified atom stereocenters. The minimum Gasteiger partial charge on any atom is -0.368 e. The molecule has 0 saturated carbocycles. The van der Waals surface area contributed by atoms with Gasteiger partial charge in [-0.3, -0.25) is 4.98 Å². The molecule has 23 heavy (non-hydrogen) atoms. The molecule has 0 aliphatic heterocycles. The van der Waals surface area contributed by atoms with Crippen LogP contribution in [0.1, 0.15) is 17.0 Å². The SMILES string of the molecule is Nc1nc(C(F)(F)F)nn1-c1cncc(Cc2ccccc2)c1. The standard InChI is InChI=1S/C15H12F3N5/c16-15(17,18)13-21-14(19)23(22-13)12-7-11(8-20-9-12)6-10-4-2-1-3-5-10/h1-5,7-9H,6H2,(H2,19,21,22). The molecule has 2 heterocycles. The molecule has 2 aromatic heterocycles. The molecule has 0 atom stereocenters. The van der Waals surface area contributed by atoms with Crippen molar-refractivity contribution < 1.29 is 13.2 Å². The van der Waals surface area contributed by atoms with E-state index in [1.54, 1.807) is 12.3 Å². The van der Waals surface area contributed by atoms with Gasteiger partial charge in [0.25, 0.3) is 5.82 Å². The summed E-state index contributed by atoms with van der Waals surface area (Å²) in [6.45, 7) is 0. The molecule has 118 valence electrons. The Kier molecular flexibility index (Phi) is 3.73. The maximum Gasteiger partial charge on any atom is 0.453 e. The summed E-state index contributed by atoms with van der Waals surface area (Å²) in [5.41, 5.74) is 7.76. The Balaban J connectivity index is 1.93. The summed E-state index contributed by atoms with van der Waals surface area (Å²) in [5, 5.41) is 3.42. The fourth-order valence-corrected chi connectivity index (χ4v) is 2.15. The van der Waals surface area contributed by atoms with E-state index in [9.17, 15) is 13.2 Å². The van der Waals surface area contributed by atoms with Gasteiger partial charge in [0, 0.05) is 6.20 Å². The highest BCUT2D eigenvalue weighted by molar-refractivity contribution is 5.39. The van der Waals surface area contributed by atoms with Crippen LogP contribution in [-0.4, -0.2) is 19.7 Å². The number of halogens is 3. The van der Waals surface area contributed by atoms with Crippen molar-refractivity contribution in [2.75, 3.05) is 5.73 Å². The van der Waals surface area contributed by atoms with Crippen molar-refractivity contribution in [3.8, 4) is 5.69 Å². The average Bonchev–Trinajstić information content (AvgIpc) is 2.91. The maximum absolute atomic E-state index is 12.7. The number of hydrogen-bond acceptors (Lipinski definition) is 4. The van der Waals surface area contributed by atoms with Gasteiger partial charge < -0.3 is 5.73 Å². The Bertz CT molecular complexity index is 811. The fraction of sp³-hybridized carbons (Fsp3) is 0.133. The minimum absolute atomic E-state index is 0.332. The number of nitrogen functional groups attached to an aromatic ring is 1. The minimum atomic E-state index is -4.64. The Morgan fingerprint density at radius 2 is 1.78 bits per heavy atom. The number of aromatic nitrogens is 4. The van der Waals surface area contributed by atoms with Crippen molar-refractivity contribution in [1.82, 2.24) is 19.7 Å². The van der Waals surface area contributed by atoms with Gasteiger partial charge in [0.2, 0.25) is 5.95 Å². The summed E-state index contributed by atoms with van der Waals surface area (Å²) >= 11 is 0. The lowest BCUT2D eigenvalue weighted by molar-refractivity contribution is -0.144. The van der Waals surface area contributed by atoms with Crippen LogP contribution in [0.5, 0.6) is 0 Å². The lowest BCUT2D eigenvalue weighted by Gasteiger charge is -2.06. The fourth-order valence-electron chi connectivity index (χ4n) is 2.15. The summed E-state index contributed by atoms with van der Waals surface area (Å²) in [4.78, 5) is 7.29. The van der Waals surface area contributed by atoms with Crippen LogP contribution >= 0.6 is 0 Å². The van der Waals surface area contributed by atoms with Crippen molar-refractivity contribution in [2.24, 2.45) is 0 Å². The first-order chi connectivity index (χ1) is 10.9. The van der Waals surface area contributed by atoms with Crippen molar-refractivity contribution in [3.63, 3.8) is 0 Å². The zero-order valence-corrected chi connectivity index (χ0v) is 11.8. The largest absolute Gasteiger partial charge is 0.453 e. The Morgan fingerprint density at radius 3 is 2.43 bits per heavy atom. The molecule has 0 bridgehead atoms. The molecule has 0 saturated heterocycles. The van der Waals surface area contributed by atoms with Crippen molar-refractivity contribution in [3.05, 3.63) is 65.7 Å². The van der Waals surface area contributed by atoms with Gasteiger partial charge in [-0.2, -0.15) is 22.8 Å². The van der Waals surface area contributed by atoms with E-state index in [4.69, 9.17) is 5.73 Å². The first-order valence-electron chi connectivity index (χ1n) is 6.71. The normalized spacial score (nSPS) is 11.6. The summed E-state index contributed by atoms with van der Waals surface area (Å²) in [6.07, 6.45) is -1.01. The van der Waals surface area contributed by atoms with Crippen molar-refractivity contribution in [2.45, 2.75) is 12.6 Å². The van der Waals surface area contributed by atoms with E-state index in [-0.39, 0.29) is 5.95 Å². The number of anilines is 1. The number of rotatable bonds is 3. The molecule has 0 amide bonds. The second-order valence-electron chi connectivity index (χ2n) is 4.92. The zero-order chi connectivity index (χ0) is 16.4. The van der Waals surface area contributed by atoms with E-state index < -0.39 is 12.0 Å². The Hall–Kier alpha value is -2.90. The Labute approximate surface area is 129 Å². The molecule has 1 aromatic carbocycles. The summed E-state index contributed by atoms with van der Waals surface area (Å²) in [6, 6.07) is 11.3. The molecule has 8 heteroatoms. The molecule has 3 rings (SSSR count). The summed E-state index contributed by atoms with van der Waals surface area (Å²) in [7, 11) is 0. The topological polar surface area (TPSA) is 69.6 Å². The molecule has 0 aliphatic carbocycles. The molecular formula is C15H12F3N5. The highest BCUT2D eigenvalue weighted by atomic mass is 19.4. The third-order valence-electron chi connectivity index (χ3n) is 3.16. The van der Waals surface area contributed by atoms with Gasteiger partial charge in [-0.1, -0.05) is 30.3 Å². The van der Waals surface area contributed by atoms with Crippen LogP contribution in [0.15, 0.2) is 48.8 Å². The van der Waals surface area contributed by atoms with Gasteiger partial charge in [0.1, 0.15) is 0 Å². The molecule has 0 spiro atoms. The molecular weight excluding hydrogens is 307 g/mol. The monoisotopic (exact) mass is 319 g/mol. The second-order valence-corrected chi connectivity index (χ2v) is 4.92. The van der Waals surface area contributed by atoms with Crippen molar-refractivity contribution >= 4 is 5.95 Å². The molecule has 3 aromatic rings. The van der Waals surface area contributed by atoms with Crippen LogP contribution in [-0.2, 0) is 12.6 Å². The Morgan fingerprint density at radius 1 is 1.04 bits per heavy atom. The smallest absolute Gasteiger partial charge is 0.368 e. The van der Waals surface area contributed by atoms with E-state index in [1.807, 2.05) is 30.3 Å². The molecule has 0 radical (unpaired) electrons. The van der Waals surface area contributed by atoms with Crippen LogP contribution in [0.4, 0.5) is 19.1 Å². The van der Waals surface area contributed by atoms with Gasteiger partial charge >= 0.3 is 6.18 Å². The van der Waals surface area contributed by atoms with Crippen LogP contribution in [0.3, 0.4) is 0 Å². The first-order valence-corrected chi connectivity index (χ1v) is 6.71. The summed E-state index contributed by atoms with van der Waals surface area (Å²) < 4.78 is 38.9. The average molecular weight is 319 g/mol. The number of pyridine rings is 1. The first kappa shape index (κ1) is 15.0. The van der Waals surface area contributed by atoms with Crippen LogP contribution in [0.25, 0.3) is 5.69 Å². The van der Waals surface area contributed by atoms with Crippen LogP contribution < -0.4 is 5.73 Å². The number of hydrogen-bond donors (Lipinski definition) is 1. The third-order valence-corrected chi connectivity index (χ3v) is 3.16. The van der Waals surface area contributed by atoms with E-state index in [0.29, 0.717) is 12.1 Å². The predicted octanol–water partition coefficient (Wildman–Crippen LogP) is 2.85. The number of alkyl halides is 3. The highest BCUT2D eigenvalue weighted by Gasteiger charge is 2.37. The number of benzene rings is 1. The van der Waals surface area contributed by atoms with Gasteiger partial charge in [-0.05, 0) is 23.6 Å². The van der Waals surface area contributed by atoms with Gasteiger partial charge in [-0.25, -0.2) is 0 Å². The zero-order valence-electron chi connectivity index (χ0n) is 11.8. The number of nitrogens with two attached hydrogens (primary N) is 1. The van der Waals surface area contributed by atoms with Gasteiger partial charge in [0.05, 0.1) is 11.9 Å². The quantitative estimate of drug-likeness (QED) is 0.806. The van der Waals surface area contributed by atoms with E-state index in [2.05, 4.69) is 15.1 Å². The molecule has 0 fully saturated rings. The van der Waals surface area contributed by atoms with Gasteiger partial charge in [0.15, 0.2) is 0 Å². The molecule has 2 N–H and O–H groups in total. The van der Waals surface area contributed by atoms with Crippen molar-refractivity contribution in [1.29, 1.82) is 0 Å². The lowest BCUT2D eigenvalue weighted by atomic mass is 10.1. The second kappa shape index (κ2) is 5.71. The summed E-state index contributed by atoms with van der Waals surface area (Å²) in [5.74, 6) is -1.61. The highest BCUT2D eigenvalue weighted by Crippen LogP contribution is 2.27. The van der Waals surface area contributed by atoms with E-state index in [0.717, 1.165) is 15.8 Å².